The van der Waals surface area contributed by atoms with E-state index >= 15 is 0 Å². The number of halogens is 2. The van der Waals surface area contributed by atoms with Crippen LogP contribution in [0.2, 0.25) is 0 Å². The minimum Gasteiger partial charge on any atom is -0.321 e. The maximum Gasteiger partial charge on any atom is 0.258 e. The van der Waals surface area contributed by atoms with E-state index < -0.39 is 0 Å². The third-order valence-corrected chi connectivity index (χ3v) is 15.7. The minimum atomic E-state index is -0.209. The molecule has 4 aliphatic rings. The highest BCUT2D eigenvalue weighted by Crippen LogP contribution is 2.57. The zero-order valence-corrected chi connectivity index (χ0v) is 40.8. The first-order valence-corrected chi connectivity index (χ1v) is 25.8. The van der Waals surface area contributed by atoms with Gasteiger partial charge in [0.15, 0.2) is 0 Å². The molecule has 0 saturated heterocycles. The van der Waals surface area contributed by atoms with Crippen LogP contribution in [-0.4, -0.2) is 11.8 Å². The van der Waals surface area contributed by atoms with E-state index in [0.29, 0.717) is 22.5 Å². The van der Waals surface area contributed by atoms with Crippen molar-refractivity contribution in [3.63, 3.8) is 0 Å². The van der Waals surface area contributed by atoms with Gasteiger partial charge < -0.3 is 10.6 Å². The van der Waals surface area contributed by atoms with Crippen molar-refractivity contribution in [3.05, 3.63) is 126 Å². The molecule has 0 bridgehead atoms. The van der Waals surface area contributed by atoms with Crippen LogP contribution >= 0.6 is 31.9 Å². The van der Waals surface area contributed by atoms with E-state index in [0.717, 1.165) is 45.8 Å². The van der Waals surface area contributed by atoms with Crippen molar-refractivity contribution in [2.45, 2.75) is 167 Å². The van der Waals surface area contributed by atoms with Gasteiger partial charge in [-0.1, -0.05) is 199 Å². The zero-order chi connectivity index (χ0) is 43.4. The lowest BCUT2D eigenvalue weighted by molar-refractivity contribution is -0.117. The molecule has 0 spiro atoms. The molecule has 2 heterocycles. The SMILES string of the molecule is CCCCCCC1(CCCCCC)c2cc(Br)ccc2-c2ccc(C3=C4C(=O)NC(c5ccc6c(c5)C(CCCCCC)(CCCCCC)c5cc(Br)ccc5-6)=C4C(=O)N3)cc21. The van der Waals surface area contributed by atoms with Crippen LogP contribution in [0.4, 0.5) is 0 Å². The van der Waals surface area contributed by atoms with Gasteiger partial charge in [0.05, 0.1) is 22.5 Å². The standard InChI is InChI=1S/C56H66Br2N2O2/c1-5-9-13-17-29-55(30-18-14-10-6-2)45-33-37(21-25-41(45)43-27-23-39(57)35-47(43)55)51-49-50(54(62)59-51)52(60-53(49)61)38-22-26-42-44-28-24-40(58)36-48(44)56(46(42)34-38,31-19-15-11-7-3)32-20-16-12-8-4/h21-28,33-36H,5-20,29-32H2,1-4H3,(H,59,62)(H,60,61). The lowest BCUT2D eigenvalue weighted by Gasteiger charge is -2.33. The molecule has 0 saturated carbocycles. The van der Waals surface area contributed by atoms with Gasteiger partial charge in [-0.3, -0.25) is 9.59 Å². The number of nitrogens with one attached hydrogen (secondary N) is 2. The van der Waals surface area contributed by atoms with Crippen molar-refractivity contribution in [1.82, 2.24) is 10.6 Å². The van der Waals surface area contributed by atoms with E-state index in [1.165, 1.54) is 147 Å². The Bertz CT molecular complexity index is 2210. The van der Waals surface area contributed by atoms with E-state index in [9.17, 15) is 9.59 Å². The van der Waals surface area contributed by atoms with Gasteiger partial charge in [-0.25, -0.2) is 0 Å². The van der Waals surface area contributed by atoms with Crippen LogP contribution in [0.15, 0.2) is 92.9 Å². The van der Waals surface area contributed by atoms with Crippen molar-refractivity contribution >= 4 is 55.1 Å². The fourth-order valence-electron chi connectivity index (χ4n) is 11.6. The number of fused-ring (bicyclic) bond motifs is 7. The van der Waals surface area contributed by atoms with Crippen LogP contribution < -0.4 is 10.6 Å². The first-order chi connectivity index (χ1) is 30.2. The summed E-state index contributed by atoms with van der Waals surface area (Å²) in [6.45, 7) is 9.12. The number of amides is 2. The molecule has 4 nitrogen and oxygen atoms in total. The number of hydrogen-bond donors (Lipinski definition) is 2. The number of carbonyl (C=O) groups excluding carboxylic acids is 2. The van der Waals surface area contributed by atoms with Crippen molar-refractivity contribution in [3.8, 4) is 22.3 Å². The van der Waals surface area contributed by atoms with Gasteiger partial charge >= 0.3 is 0 Å². The van der Waals surface area contributed by atoms with E-state index in [1.807, 2.05) is 0 Å². The Balaban J connectivity index is 1.22. The molecule has 0 aromatic heterocycles. The van der Waals surface area contributed by atoms with Crippen LogP contribution in [-0.2, 0) is 20.4 Å². The summed E-state index contributed by atoms with van der Waals surface area (Å²) < 4.78 is 2.23. The molecule has 4 aromatic carbocycles. The molecular weight excluding hydrogens is 892 g/mol. The normalized spacial score (nSPS) is 16.4. The number of unbranched alkanes of at least 4 members (excludes halogenated alkanes) is 12. The lowest BCUT2D eigenvalue weighted by atomic mass is 9.70. The van der Waals surface area contributed by atoms with Crippen LogP contribution in [0, 0.1) is 0 Å². The fourth-order valence-corrected chi connectivity index (χ4v) is 12.3. The lowest BCUT2D eigenvalue weighted by Crippen LogP contribution is -2.26. The smallest absolute Gasteiger partial charge is 0.258 e. The molecule has 0 radical (unpaired) electrons. The van der Waals surface area contributed by atoms with Crippen molar-refractivity contribution < 1.29 is 9.59 Å². The summed E-state index contributed by atoms with van der Waals surface area (Å²) in [5, 5.41) is 6.50. The molecule has 6 heteroatoms. The molecule has 2 N–H and O–H groups in total. The molecule has 2 aliphatic carbocycles. The van der Waals surface area contributed by atoms with Crippen molar-refractivity contribution in [2.24, 2.45) is 0 Å². The largest absolute Gasteiger partial charge is 0.321 e. The van der Waals surface area contributed by atoms with Crippen molar-refractivity contribution in [2.75, 3.05) is 0 Å². The highest BCUT2D eigenvalue weighted by atomic mass is 79.9. The quantitative estimate of drug-likeness (QED) is 0.0771. The maximum absolute atomic E-state index is 14.3. The summed E-state index contributed by atoms with van der Waals surface area (Å²) in [6, 6.07) is 27.1. The van der Waals surface area contributed by atoms with Gasteiger partial charge in [-0.15, -0.1) is 0 Å². The first-order valence-electron chi connectivity index (χ1n) is 24.2. The number of rotatable bonds is 22. The third-order valence-electron chi connectivity index (χ3n) is 14.7. The minimum absolute atomic E-state index is 0.126. The molecule has 2 amide bonds. The summed E-state index contributed by atoms with van der Waals surface area (Å²) in [7, 11) is 0. The van der Waals surface area contributed by atoms with E-state index in [2.05, 4.69) is 143 Å². The number of benzene rings is 4. The van der Waals surface area contributed by atoms with E-state index in [-0.39, 0.29) is 22.6 Å². The Labute approximate surface area is 388 Å². The Morgan fingerprint density at radius 3 is 1.03 bits per heavy atom. The average molecular weight is 959 g/mol. The average Bonchev–Trinajstić information content (AvgIpc) is 3.97. The second kappa shape index (κ2) is 19.6. The predicted molar refractivity (Wildman–Crippen MR) is 266 cm³/mol. The van der Waals surface area contributed by atoms with Gasteiger partial charge in [-0.05, 0) is 118 Å². The Kier molecular flexibility index (Phi) is 14.1. The molecule has 326 valence electrons. The number of carbonyl (C=O) groups is 2. The zero-order valence-electron chi connectivity index (χ0n) is 37.6. The Morgan fingerprint density at radius 2 is 0.710 bits per heavy atom. The molecule has 0 unspecified atom stereocenters. The summed E-state index contributed by atoms with van der Waals surface area (Å²) in [4.78, 5) is 28.6. The van der Waals surface area contributed by atoms with E-state index in [1.54, 1.807) is 0 Å². The fraction of sp³-hybridized carbons (Fsp3) is 0.464. The number of hydrogen-bond acceptors (Lipinski definition) is 2. The predicted octanol–water partition coefficient (Wildman–Crippen LogP) is 16.0. The maximum atomic E-state index is 14.3. The van der Waals surface area contributed by atoms with Gasteiger partial charge in [0.2, 0.25) is 0 Å². The molecule has 8 rings (SSSR count). The molecule has 0 atom stereocenters. The monoisotopic (exact) mass is 956 g/mol. The summed E-state index contributed by atoms with van der Waals surface area (Å²) in [6.07, 6.45) is 23.7. The molecule has 0 fully saturated rings. The van der Waals surface area contributed by atoms with Crippen molar-refractivity contribution in [1.29, 1.82) is 0 Å². The van der Waals surface area contributed by atoms with Crippen LogP contribution in [0.3, 0.4) is 0 Å². The van der Waals surface area contributed by atoms with Gasteiger partial charge in [0, 0.05) is 19.8 Å². The molecule has 2 aliphatic heterocycles. The Morgan fingerprint density at radius 1 is 0.403 bits per heavy atom. The highest BCUT2D eigenvalue weighted by molar-refractivity contribution is 9.10. The molecule has 4 aromatic rings. The second-order valence-corrected chi connectivity index (χ2v) is 20.5. The first kappa shape index (κ1) is 44.9. The molecule has 62 heavy (non-hydrogen) atoms. The second-order valence-electron chi connectivity index (χ2n) is 18.7. The van der Waals surface area contributed by atoms with Crippen LogP contribution in [0.5, 0.6) is 0 Å². The van der Waals surface area contributed by atoms with Gasteiger partial charge in [0.1, 0.15) is 0 Å². The van der Waals surface area contributed by atoms with Crippen LogP contribution in [0.1, 0.15) is 189 Å². The van der Waals surface area contributed by atoms with Crippen LogP contribution in [0.25, 0.3) is 33.6 Å². The Hall–Kier alpha value is -3.74. The van der Waals surface area contributed by atoms with E-state index in [4.69, 9.17) is 0 Å². The summed E-state index contributed by atoms with van der Waals surface area (Å²) in [5.41, 5.74) is 14.5. The summed E-state index contributed by atoms with van der Waals surface area (Å²) in [5.74, 6) is -0.417. The topological polar surface area (TPSA) is 58.2 Å². The third kappa shape index (κ3) is 8.26. The van der Waals surface area contributed by atoms with Gasteiger partial charge in [-0.2, -0.15) is 0 Å². The summed E-state index contributed by atoms with van der Waals surface area (Å²) >= 11 is 7.69. The molecular formula is C56H66Br2N2O2. The highest BCUT2D eigenvalue weighted by Gasteiger charge is 2.46. The van der Waals surface area contributed by atoms with Gasteiger partial charge in [0.25, 0.3) is 11.8 Å².